The van der Waals surface area contributed by atoms with Crippen molar-refractivity contribution in [2.75, 3.05) is 26.2 Å². The van der Waals surface area contributed by atoms with E-state index in [0.29, 0.717) is 32.7 Å². The predicted octanol–water partition coefficient (Wildman–Crippen LogP) is 14.2. The standard InChI is InChI=1S/C32H16N8O6S2.2C16H35N.Cu/c41-47(42,43)15-9-11-21-23(13-15)31-37-27-19-7-3-4-8-20(19)28(34-27)38-32-24-14-16(48(44,45)46)10-12-22(24)30(40-32)36-26-18-6-2-1-5-17(18)25(33-26)35-29(21)39-31;2*1-5-9-11-15(7-3)13-17-14-16(8-4)12-10-6-2;/h1-14H,(H2-2,33,34,35,36,37,38,39,40,41,42,43,44,45,46);2*15-17H,5-14H2,1-4H3;/q-2;;;+2. The van der Waals surface area contributed by atoms with Crippen molar-refractivity contribution in [3.8, 4) is 45.6 Å². The quantitative estimate of drug-likeness (QED) is 0.0378. The summed E-state index contributed by atoms with van der Waals surface area (Å²) in [4.78, 5) is 36.6. The van der Waals surface area contributed by atoms with Gasteiger partial charge in [0.1, 0.15) is 20.2 Å². The van der Waals surface area contributed by atoms with E-state index in [1.807, 2.05) is 0 Å². The number of aromatic nitrogens is 8. The van der Waals surface area contributed by atoms with E-state index in [-0.39, 0.29) is 76.9 Å². The minimum atomic E-state index is -4.81. The molecule has 0 saturated carbocycles. The summed E-state index contributed by atoms with van der Waals surface area (Å²) in [5.74, 6) is 4.07. The molecule has 2 aliphatic rings. The minimum Gasteiger partial charge on any atom is -0.744 e. The van der Waals surface area contributed by atoms with Gasteiger partial charge in [0.15, 0.2) is 0 Å². The van der Waals surface area contributed by atoms with Crippen LogP contribution < -0.4 is 20.6 Å². The van der Waals surface area contributed by atoms with Crippen LogP contribution in [0, 0.1) is 23.7 Å². The Labute approximate surface area is 506 Å². The molecule has 4 atom stereocenters. The molecule has 2 aliphatic heterocycles. The summed E-state index contributed by atoms with van der Waals surface area (Å²) in [7, 11) is -9.63. The Morgan fingerprint density at radius 2 is 0.675 bits per heavy atom. The van der Waals surface area contributed by atoms with Crippen LogP contribution >= 0.6 is 0 Å². The van der Waals surface area contributed by atoms with Gasteiger partial charge in [0, 0.05) is 44.8 Å². The smallest absolute Gasteiger partial charge is 0.744 e. The molecule has 0 aliphatic carbocycles. The zero-order valence-corrected chi connectivity index (χ0v) is 52.3. The molecule has 0 amide bonds. The summed E-state index contributed by atoms with van der Waals surface area (Å²) in [5.41, 5.74) is 2.22. The van der Waals surface area contributed by atoms with Gasteiger partial charge in [-0.15, -0.1) is 0 Å². The Kier molecular flexibility index (Phi) is 25.8. The molecule has 19 heteroatoms. The molecule has 0 saturated heterocycles. The van der Waals surface area contributed by atoms with Crippen molar-refractivity contribution in [3.63, 3.8) is 0 Å². The number of nitrogens with one attached hydrogen (secondary N) is 2. The number of unbranched alkanes of at least 4 members (excludes halogenated alkanes) is 4. The first-order chi connectivity index (χ1) is 39.6. The molecule has 5 heterocycles. The van der Waals surface area contributed by atoms with Gasteiger partial charge >= 0.3 is 19.9 Å². The number of hydrogen-bond donors (Lipinski definition) is 2. The van der Waals surface area contributed by atoms with Gasteiger partial charge in [-0.25, -0.2) is 26.8 Å². The molecule has 451 valence electrons. The van der Waals surface area contributed by atoms with Gasteiger partial charge in [-0.05, 0) is 121 Å². The zero-order chi connectivity index (χ0) is 58.8. The summed E-state index contributed by atoms with van der Waals surface area (Å²) >= 11 is 0. The number of benzene rings is 4. The maximum atomic E-state index is 12.0. The van der Waals surface area contributed by atoms with Crippen LogP contribution in [0.15, 0.2) is 94.7 Å². The van der Waals surface area contributed by atoms with Gasteiger partial charge < -0.3 is 49.6 Å². The fraction of sp³-hybridized carbons (Fsp3) is 0.500. The number of rotatable bonds is 26. The topological polar surface area (TPSA) is 244 Å². The second kappa shape index (κ2) is 32.1. The molecule has 1 radical (unpaired) electrons. The molecular formula is C64H86CuN10O6S2. The summed E-state index contributed by atoms with van der Waals surface area (Å²) in [5, 5.41) is 9.80. The molecule has 9 rings (SSSR count). The molecule has 4 aromatic carbocycles. The number of hydrogen-bond acceptors (Lipinski definition) is 14. The van der Waals surface area contributed by atoms with E-state index in [0.717, 1.165) is 23.7 Å². The van der Waals surface area contributed by atoms with Crippen LogP contribution in [-0.4, -0.2) is 82.0 Å². The van der Waals surface area contributed by atoms with Crippen LogP contribution in [0.3, 0.4) is 0 Å². The monoisotopic (exact) mass is 1220 g/mol. The molecule has 7 aromatic rings. The van der Waals surface area contributed by atoms with E-state index in [1.54, 1.807) is 48.5 Å². The SMILES string of the molecule is CCCCC(CC)CNCC(CC)CCCC.CCCCC(CC)CNCC(CC)CCCC.O=S(=O)([O-])c1ccc2c(c1)-c1nc-2nc2[n-]c(nc3nc(nc4[n-]c(n1)c1ccccc41)-c1cc(S(=O)(=O)[O-])ccc1-3)c1ccccc21.[Cu+2].[H+].[H+]. The van der Waals surface area contributed by atoms with Crippen molar-refractivity contribution in [1.82, 2.24) is 50.5 Å². The van der Waals surface area contributed by atoms with Crippen molar-refractivity contribution in [3.05, 3.63) is 84.9 Å². The average molecular weight is 1220 g/mol. The molecule has 8 bridgehead atoms. The van der Waals surface area contributed by atoms with E-state index in [4.69, 9.17) is 24.9 Å². The summed E-state index contributed by atoms with van der Waals surface area (Å²) in [6.45, 7) is 23.4. The Morgan fingerprint density at radius 1 is 0.410 bits per heavy atom. The van der Waals surface area contributed by atoms with E-state index in [2.05, 4.69) is 81.0 Å². The maximum Gasteiger partial charge on any atom is 2.00 e. The van der Waals surface area contributed by atoms with Crippen molar-refractivity contribution >= 4 is 64.4 Å². The van der Waals surface area contributed by atoms with Crippen LogP contribution in [0.2, 0.25) is 0 Å². The maximum absolute atomic E-state index is 12.0. The van der Waals surface area contributed by atoms with Crippen LogP contribution in [0.1, 0.15) is 161 Å². The second-order valence-electron chi connectivity index (χ2n) is 21.9. The molecule has 83 heavy (non-hydrogen) atoms. The van der Waals surface area contributed by atoms with Gasteiger partial charge in [0.2, 0.25) is 0 Å². The third kappa shape index (κ3) is 17.8. The van der Waals surface area contributed by atoms with Crippen molar-refractivity contribution in [2.24, 2.45) is 23.7 Å². The third-order valence-electron chi connectivity index (χ3n) is 15.9. The van der Waals surface area contributed by atoms with Crippen LogP contribution in [0.25, 0.3) is 89.7 Å². The normalized spacial score (nSPS) is 13.4. The number of fused-ring (bicyclic) bond motifs is 20. The van der Waals surface area contributed by atoms with Gasteiger partial charge in [0.25, 0.3) is 0 Å². The molecule has 0 fully saturated rings. The molecule has 16 nitrogen and oxygen atoms in total. The first-order valence-corrected chi connectivity index (χ1v) is 32.9. The van der Waals surface area contributed by atoms with Crippen molar-refractivity contribution in [1.29, 1.82) is 0 Å². The third-order valence-corrected chi connectivity index (χ3v) is 17.6. The van der Waals surface area contributed by atoms with E-state index in [1.165, 1.54) is 165 Å². The average Bonchev–Trinajstić information content (AvgIpc) is 1.87. The molecule has 4 unspecified atom stereocenters. The van der Waals surface area contributed by atoms with Crippen LogP contribution in [0.5, 0.6) is 0 Å². The van der Waals surface area contributed by atoms with Crippen molar-refractivity contribution in [2.45, 2.75) is 168 Å². The fourth-order valence-electron chi connectivity index (χ4n) is 10.6. The van der Waals surface area contributed by atoms with E-state index >= 15 is 0 Å². The Balaban J connectivity index is 0.000000349. The van der Waals surface area contributed by atoms with Gasteiger partial charge in [-0.1, -0.05) is 193 Å². The Morgan fingerprint density at radius 3 is 0.916 bits per heavy atom. The minimum absolute atomic E-state index is 0. The first kappa shape index (κ1) is 66.6. The number of nitrogens with zero attached hydrogens (tertiary/aromatic N) is 8. The van der Waals surface area contributed by atoms with Gasteiger partial charge in [0.05, 0.1) is 33.1 Å². The van der Waals surface area contributed by atoms with E-state index in [9.17, 15) is 25.9 Å². The second-order valence-corrected chi connectivity index (χ2v) is 24.6. The van der Waals surface area contributed by atoms with Crippen molar-refractivity contribution < 1.29 is 45.9 Å². The molecule has 3 aromatic heterocycles. The first-order valence-electron chi connectivity index (χ1n) is 30.1. The predicted molar refractivity (Wildman–Crippen MR) is 331 cm³/mol. The van der Waals surface area contributed by atoms with Crippen LogP contribution in [-0.2, 0) is 37.3 Å². The summed E-state index contributed by atoms with van der Waals surface area (Å²) in [6.07, 6.45) is 21.9. The molecular weight excluding hydrogens is 1130 g/mol. The van der Waals surface area contributed by atoms with Crippen LogP contribution in [0.4, 0.5) is 0 Å². The largest absolute Gasteiger partial charge is 2.00 e. The molecule has 2 N–H and O–H groups in total. The summed E-state index contributed by atoms with van der Waals surface area (Å²) in [6, 6.07) is 22.0. The fourth-order valence-corrected chi connectivity index (χ4v) is 11.6. The van der Waals surface area contributed by atoms with Gasteiger partial charge in [-0.3, -0.25) is 0 Å². The Hall–Kier alpha value is -5.50. The van der Waals surface area contributed by atoms with E-state index < -0.39 is 30.0 Å². The van der Waals surface area contributed by atoms with Gasteiger partial charge in [-0.2, -0.15) is 0 Å². The zero-order valence-electron chi connectivity index (χ0n) is 51.7. The summed E-state index contributed by atoms with van der Waals surface area (Å²) < 4.78 is 71.8. The molecule has 0 spiro atoms. The Bertz CT molecular complexity index is 3380.